The molecule has 1 aliphatic heterocycles. The molecule has 0 aliphatic carbocycles. The molecule has 1 unspecified atom stereocenters. The topological polar surface area (TPSA) is 94.1 Å². The largest absolute Gasteiger partial charge is 0.356 e. The molecule has 1 fully saturated rings. The maximum atomic E-state index is 12.3. The lowest BCUT2D eigenvalue weighted by Crippen LogP contribution is -2.44. The van der Waals surface area contributed by atoms with E-state index in [0.717, 1.165) is 50.0 Å². The molecule has 9 heteroatoms. The van der Waals surface area contributed by atoms with Gasteiger partial charge in [-0.25, -0.2) is 8.42 Å². The highest BCUT2D eigenvalue weighted by atomic mass is 32.2. The third kappa shape index (κ3) is 6.70. The normalized spacial score (nSPS) is 17.8. The molecule has 0 saturated carbocycles. The number of hydrogen-bond acceptors (Lipinski definition) is 5. The van der Waals surface area contributed by atoms with E-state index >= 15 is 0 Å². The molecule has 1 aliphatic rings. The number of nitrogens with one attached hydrogen (secondary N) is 2. The van der Waals surface area contributed by atoms with Gasteiger partial charge in [-0.2, -0.15) is 0 Å². The summed E-state index contributed by atoms with van der Waals surface area (Å²) in [5, 5.41) is 6.56. The van der Waals surface area contributed by atoms with Crippen LogP contribution in [0, 0.1) is 6.92 Å². The van der Waals surface area contributed by atoms with E-state index < -0.39 is 9.84 Å². The molecule has 8 nitrogen and oxygen atoms in total. The van der Waals surface area contributed by atoms with Crippen molar-refractivity contribution in [2.24, 2.45) is 4.99 Å². The van der Waals surface area contributed by atoms with Gasteiger partial charge in [-0.3, -0.25) is 14.7 Å². The molecule has 1 heterocycles. The summed E-state index contributed by atoms with van der Waals surface area (Å²) in [4.78, 5) is 20.8. The number of carbonyl (C=O) groups excluding carboxylic acids is 1. The van der Waals surface area contributed by atoms with E-state index in [-0.39, 0.29) is 11.9 Å². The van der Waals surface area contributed by atoms with Crippen LogP contribution in [-0.2, 0) is 21.2 Å². The second-order valence-electron chi connectivity index (χ2n) is 8.00. The second-order valence-corrected chi connectivity index (χ2v) is 9.99. The summed E-state index contributed by atoms with van der Waals surface area (Å²) >= 11 is 0. The predicted molar refractivity (Wildman–Crippen MR) is 120 cm³/mol. The molecule has 30 heavy (non-hydrogen) atoms. The Morgan fingerprint density at radius 1 is 1.30 bits per heavy atom. The third-order valence-electron chi connectivity index (χ3n) is 5.33. The van der Waals surface area contributed by atoms with Crippen LogP contribution in [0.1, 0.15) is 30.4 Å². The van der Waals surface area contributed by atoms with E-state index in [2.05, 4.69) is 20.5 Å². The summed E-state index contributed by atoms with van der Waals surface area (Å²) in [5.74, 6) is 0.886. The van der Waals surface area contributed by atoms with E-state index in [4.69, 9.17) is 0 Å². The van der Waals surface area contributed by atoms with Crippen molar-refractivity contribution in [2.75, 3.05) is 47.0 Å². The number of sulfone groups is 1. The zero-order valence-electron chi connectivity index (χ0n) is 18.7. The summed E-state index contributed by atoms with van der Waals surface area (Å²) in [6.45, 7) is 4.96. The van der Waals surface area contributed by atoms with Crippen LogP contribution in [0.4, 0.5) is 0 Å². The molecule has 0 radical (unpaired) electrons. The second kappa shape index (κ2) is 10.8. The van der Waals surface area contributed by atoms with E-state index in [0.29, 0.717) is 17.4 Å². The maximum absolute atomic E-state index is 12.3. The molecule has 1 amide bonds. The number of benzene rings is 1. The van der Waals surface area contributed by atoms with Crippen molar-refractivity contribution >= 4 is 21.7 Å². The highest BCUT2D eigenvalue weighted by Gasteiger charge is 2.30. The zero-order chi connectivity index (χ0) is 22.3. The van der Waals surface area contributed by atoms with Gasteiger partial charge < -0.3 is 15.5 Å². The molecule has 2 N–H and O–H groups in total. The van der Waals surface area contributed by atoms with Crippen molar-refractivity contribution < 1.29 is 13.2 Å². The molecule has 1 saturated heterocycles. The van der Waals surface area contributed by atoms with Gasteiger partial charge in [0.05, 0.1) is 10.9 Å². The van der Waals surface area contributed by atoms with Crippen molar-refractivity contribution in [3.63, 3.8) is 0 Å². The number of aliphatic imine (C=N–C) groups is 1. The highest BCUT2D eigenvalue weighted by Crippen LogP contribution is 2.19. The molecule has 1 aromatic rings. The molecular formula is C21H35N5O3S. The lowest BCUT2D eigenvalue weighted by molar-refractivity contribution is -0.133. The lowest BCUT2D eigenvalue weighted by Gasteiger charge is -2.26. The summed E-state index contributed by atoms with van der Waals surface area (Å²) in [5.41, 5.74) is 1.73. The first kappa shape index (κ1) is 24.1. The zero-order valence-corrected chi connectivity index (χ0v) is 19.6. The number of guanidine groups is 1. The molecule has 168 valence electrons. The monoisotopic (exact) mass is 437 g/mol. The van der Waals surface area contributed by atoms with Gasteiger partial charge in [0.1, 0.15) is 0 Å². The fourth-order valence-corrected chi connectivity index (χ4v) is 4.76. The average molecular weight is 438 g/mol. The van der Waals surface area contributed by atoms with Crippen molar-refractivity contribution in [2.45, 2.75) is 43.7 Å². The van der Waals surface area contributed by atoms with Crippen LogP contribution in [0.3, 0.4) is 0 Å². The Hall–Kier alpha value is -2.13. The van der Waals surface area contributed by atoms with Gasteiger partial charge in [-0.15, -0.1) is 0 Å². The third-order valence-corrected chi connectivity index (χ3v) is 6.58. The molecule has 0 spiro atoms. The van der Waals surface area contributed by atoms with Crippen LogP contribution in [0.25, 0.3) is 0 Å². The summed E-state index contributed by atoms with van der Waals surface area (Å²) < 4.78 is 23.5. The molecule has 1 aromatic carbocycles. The quantitative estimate of drug-likeness (QED) is 0.358. The Morgan fingerprint density at radius 3 is 2.63 bits per heavy atom. The number of hydrogen-bond donors (Lipinski definition) is 2. The summed E-state index contributed by atoms with van der Waals surface area (Å²) in [6.07, 6.45) is 4.14. The smallest absolute Gasteiger partial charge is 0.239 e. The summed E-state index contributed by atoms with van der Waals surface area (Å²) in [6, 6.07) is 5.36. The van der Waals surface area contributed by atoms with Gasteiger partial charge in [-0.05, 0) is 49.9 Å². The standard InChI is InChI=1S/C21H35N5O3S/c1-16-14-17(9-10-19(16)30(5,28)29)15-24-21(22-2)23-11-7-13-26-12-6-8-18(26)20(27)25(3)4/h9-10,14,18H,6-8,11-13,15H2,1-5H3,(H2,22,23,24). The van der Waals surface area contributed by atoms with E-state index in [9.17, 15) is 13.2 Å². The van der Waals surface area contributed by atoms with Gasteiger partial charge in [-0.1, -0.05) is 12.1 Å². The first-order valence-electron chi connectivity index (χ1n) is 10.3. The first-order chi connectivity index (χ1) is 14.1. The molecular weight excluding hydrogens is 402 g/mol. The van der Waals surface area contributed by atoms with Gasteiger partial charge in [0.15, 0.2) is 15.8 Å². The number of rotatable bonds is 8. The van der Waals surface area contributed by atoms with Crippen LogP contribution < -0.4 is 10.6 Å². The number of likely N-dealkylation sites (tertiary alicyclic amines) is 1. The average Bonchev–Trinajstić information content (AvgIpc) is 3.14. The Balaban J connectivity index is 1.78. The Bertz CT molecular complexity index is 867. The van der Waals surface area contributed by atoms with Gasteiger partial charge in [0.2, 0.25) is 5.91 Å². The minimum absolute atomic E-state index is 0.00980. The van der Waals surface area contributed by atoms with E-state index in [1.165, 1.54) is 6.26 Å². The summed E-state index contributed by atoms with van der Waals surface area (Å²) in [7, 11) is 2.14. The van der Waals surface area contributed by atoms with E-state index in [1.54, 1.807) is 24.9 Å². The molecule has 0 aromatic heterocycles. The Morgan fingerprint density at radius 2 is 2.03 bits per heavy atom. The molecule has 0 bridgehead atoms. The van der Waals surface area contributed by atoms with Crippen molar-refractivity contribution in [3.05, 3.63) is 29.3 Å². The van der Waals surface area contributed by atoms with E-state index in [1.807, 2.05) is 26.2 Å². The number of carbonyl (C=O) groups is 1. The van der Waals surface area contributed by atoms with Gasteiger partial charge in [0.25, 0.3) is 0 Å². The number of aryl methyl sites for hydroxylation is 1. The van der Waals surface area contributed by atoms with Crippen LogP contribution in [0.15, 0.2) is 28.1 Å². The first-order valence-corrected chi connectivity index (χ1v) is 12.2. The Labute approximate surface area is 180 Å². The molecule has 2 rings (SSSR count). The molecule has 1 atom stereocenters. The minimum Gasteiger partial charge on any atom is -0.356 e. The maximum Gasteiger partial charge on any atom is 0.239 e. The van der Waals surface area contributed by atoms with Gasteiger partial charge in [0, 0.05) is 47.0 Å². The van der Waals surface area contributed by atoms with Crippen molar-refractivity contribution in [3.8, 4) is 0 Å². The van der Waals surface area contributed by atoms with Crippen LogP contribution in [0.5, 0.6) is 0 Å². The van der Waals surface area contributed by atoms with Crippen LogP contribution >= 0.6 is 0 Å². The van der Waals surface area contributed by atoms with Crippen LogP contribution in [0.2, 0.25) is 0 Å². The minimum atomic E-state index is -3.21. The SMILES string of the molecule is CN=C(NCCCN1CCCC1C(=O)N(C)C)NCc1ccc(S(C)(=O)=O)c(C)c1. The van der Waals surface area contributed by atoms with Crippen LogP contribution in [-0.4, -0.2) is 83.2 Å². The number of amides is 1. The Kier molecular flexibility index (Phi) is 8.66. The number of likely N-dealkylation sites (N-methyl/N-ethyl adjacent to an activating group) is 1. The van der Waals surface area contributed by atoms with Gasteiger partial charge >= 0.3 is 0 Å². The predicted octanol–water partition coefficient (Wildman–Crippen LogP) is 1.01. The lowest BCUT2D eigenvalue weighted by atomic mass is 10.1. The number of nitrogens with zero attached hydrogens (tertiary/aromatic N) is 3. The van der Waals surface area contributed by atoms with Crippen molar-refractivity contribution in [1.29, 1.82) is 0 Å². The highest BCUT2D eigenvalue weighted by molar-refractivity contribution is 7.90. The van der Waals surface area contributed by atoms with Crippen molar-refractivity contribution in [1.82, 2.24) is 20.4 Å². The fraction of sp³-hybridized carbons (Fsp3) is 0.619. The fourth-order valence-electron chi connectivity index (χ4n) is 3.80.